The molecule has 3 aromatic heterocycles. The molecule has 0 radical (unpaired) electrons. The number of fused-ring (bicyclic) bond motifs is 1. The number of pyridine rings is 1. The van der Waals surface area contributed by atoms with E-state index in [1.54, 1.807) is 23.9 Å². The van der Waals surface area contributed by atoms with Crippen molar-refractivity contribution >= 4 is 5.65 Å². The quantitative estimate of drug-likeness (QED) is 0.577. The number of benzene rings is 1. The van der Waals surface area contributed by atoms with E-state index in [2.05, 4.69) is 9.97 Å². The summed E-state index contributed by atoms with van der Waals surface area (Å²) >= 11 is 0. The molecule has 0 saturated carbocycles. The molecule has 142 valence electrons. The van der Waals surface area contributed by atoms with Gasteiger partial charge in [0.1, 0.15) is 0 Å². The van der Waals surface area contributed by atoms with Crippen LogP contribution in [-0.2, 0) is 0 Å². The average molecular weight is 376 g/mol. The van der Waals surface area contributed by atoms with Gasteiger partial charge in [0.15, 0.2) is 17.1 Å². The van der Waals surface area contributed by atoms with E-state index in [0.29, 0.717) is 18.1 Å². The first-order valence-corrected chi connectivity index (χ1v) is 8.97. The summed E-state index contributed by atoms with van der Waals surface area (Å²) < 4.78 is 12.8. The maximum absolute atomic E-state index is 11.4. The number of ether oxygens (including phenoxy) is 2. The van der Waals surface area contributed by atoms with E-state index in [1.807, 2.05) is 44.2 Å². The van der Waals surface area contributed by atoms with Crippen molar-refractivity contribution in [3.05, 3.63) is 64.7 Å². The predicted molar refractivity (Wildman–Crippen MR) is 107 cm³/mol. The van der Waals surface area contributed by atoms with Gasteiger partial charge in [-0.15, -0.1) is 0 Å². The van der Waals surface area contributed by atoms with Gasteiger partial charge < -0.3 is 14.5 Å². The minimum Gasteiger partial charge on any atom is -0.493 e. The SMILES string of the molecule is CCOc1ccc(-c2ccc3nc(C)c(-c4ccc(=O)[nH]c4)n3n2)cc1OC. The Balaban J connectivity index is 1.85. The number of methoxy groups -OCH3 is 1. The van der Waals surface area contributed by atoms with Crippen molar-refractivity contribution in [1.29, 1.82) is 0 Å². The molecule has 4 rings (SSSR count). The van der Waals surface area contributed by atoms with E-state index in [0.717, 1.165) is 33.9 Å². The van der Waals surface area contributed by atoms with Crippen LogP contribution >= 0.6 is 0 Å². The molecular weight excluding hydrogens is 356 g/mol. The van der Waals surface area contributed by atoms with Gasteiger partial charge in [-0.05, 0) is 50.2 Å². The minimum atomic E-state index is -0.148. The lowest BCUT2D eigenvalue weighted by atomic mass is 10.1. The Bertz CT molecular complexity index is 1190. The zero-order valence-electron chi connectivity index (χ0n) is 15.9. The molecule has 7 nitrogen and oxygen atoms in total. The highest BCUT2D eigenvalue weighted by Crippen LogP contribution is 2.32. The van der Waals surface area contributed by atoms with Crippen LogP contribution < -0.4 is 15.0 Å². The van der Waals surface area contributed by atoms with Crippen LogP contribution in [0.3, 0.4) is 0 Å². The molecular formula is C21H20N4O3. The van der Waals surface area contributed by atoms with E-state index in [1.165, 1.54) is 6.07 Å². The van der Waals surface area contributed by atoms with E-state index < -0.39 is 0 Å². The highest BCUT2D eigenvalue weighted by Gasteiger charge is 2.14. The first kappa shape index (κ1) is 17.8. The third kappa shape index (κ3) is 3.11. The molecule has 0 unspecified atom stereocenters. The first-order chi connectivity index (χ1) is 13.6. The molecule has 1 N–H and O–H groups in total. The van der Waals surface area contributed by atoms with Gasteiger partial charge in [0.25, 0.3) is 0 Å². The molecule has 0 aliphatic carbocycles. The van der Waals surface area contributed by atoms with Crippen LogP contribution in [0.5, 0.6) is 11.5 Å². The molecule has 1 aromatic carbocycles. The van der Waals surface area contributed by atoms with Gasteiger partial charge in [-0.1, -0.05) is 0 Å². The number of nitrogens with one attached hydrogen (secondary N) is 1. The van der Waals surface area contributed by atoms with Crippen LogP contribution in [0.4, 0.5) is 0 Å². The number of hydrogen-bond donors (Lipinski definition) is 1. The van der Waals surface area contributed by atoms with Crippen molar-refractivity contribution in [2.24, 2.45) is 0 Å². The second kappa shape index (κ2) is 7.19. The molecule has 28 heavy (non-hydrogen) atoms. The van der Waals surface area contributed by atoms with Crippen LogP contribution in [0.1, 0.15) is 12.6 Å². The van der Waals surface area contributed by atoms with Gasteiger partial charge in [0, 0.05) is 23.4 Å². The van der Waals surface area contributed by atoms with Crippen LogP contribution in [-0.4, -0.2) is 33.3 Å². The lowest BCUT2D eigenvalue weighted by Gasteiger charge is -2.11. The third-order valence-electron chi connectivity index (χ3n) is 4.47. The van der Waals surface area contributed by atoms with Crippen molar-refractivity contribution in [1.82, 2.24) is 19.6 Å². The van der Waals surface area contributed by atoms with E-state index in [9.17, 15) is 4.79 Å². The second-order valence-electron chi connectivity index (χ2n) is 6.27. The van der Waals surface area contributed by atoms with Gasteiger partial charge in [-0.2, -0.15) is 5.10 Å². The summed E-state index contributed by atoms with van der Waals surface area (Å²) in [5.74, 6) is 1.35. The van der Waals surface area contributed by atoms with Gasteiger partial charge in [0.05, 0.1) is 30.8 Å². The fourth-order valence-electron chi connectivity index (χ4n) is 3.19. The Labute approximate surface area is 161 Å². The minimum absolute atomic E-state index is 0.148. The van der Waals surface area contributed by atoms with Crippen molar-refractivity contribution in [3.8, 4) is 34.0 Å². The van der Waals surface area contributed by atoms with Crippen LogP contribution in [0.15, 0.2) is 53.5 Å². The maximum atomic E-state index is 11.4. The number of aromatic amines is 1. The lowest BCUT2D eigenvalue weighted by Crippen LogP contribution is -2.03. The smallest absolute Gasteiger partial charge is 0.247 e. The highest BCUT2D eigenvalue weighted by molar-refractivity contribution is 5.69. The summed E-state index contributed by atoms with van der Waals surface area (Å²) in [6.07, 6.45) is 1.67. The number of H-pyrrole nitrogens is 1. The Morgan fingerprint density at radius 3 is 2.61 bits per heavy atom. The largest absolute Gasteiger partial charge is 0.493 e. The van der Waals surface area contributed by atoms with Crippen molar-refractivity contribution in [2.45, 2.75) is 13.8 Å². The van der Waals surface area contributed by atoms with Crippen LogP contribution in [0.2, 0.25) is 0 Å². The van der Waals surface area contributed by atoms with Gasteiger partial charge in [-0.25, -0.2) is 9.50 Å². The summed E-state index contributed by atoms with van der Waals surface area (Å²) in [7, 11) is 1.62. The summed E-state index contributed by atoms with van der Waals surface area (Å²) in [5, 5.41) is 4.78. The standard InChI is InChI=1S/C21H20N4O3/c1-4-28-17-8-5-14(11-18(17)27-3)16-7-9-19-23-13(2)21(25(19)24-16)15-6-10-20(26)22-12-15/h5-12H,4H2,1-3H3,(H,22,26). The summed E-state index contributed by atoms with van der Waals surface area (Å²) in [6, 6.07) is 12.8. The zero-order chi connectivity index (χ0) is 19.7. The lowest BCUT2D eigenvalue weighted by molar-refractivity contribution is 0.311. The molecule has 0 saturated heterocycles. The topological polar surface area (TPSA) is 81.5 Å². The van der Waals surface area contributed by atoms with E-state index in [-0.39, 0.29) is 5.56 Å². The monoisotopic (exact) mass is 376 g/mol. The number of aryl methyl sites for hydroxylation is 1. The predicted octanol–water partition coefficient (Wildman–Crippen LogP) is 3.47. The Morgan fingerprint density at radius 2 is 1.89 bits per heavy atom. The third-order valence-corrected chi connectivity index (χ3v) is 4.47. The Kier molecular flexibility index (Phi) is 4.57. The Morgan fingerprint density at radius 1 is 1.07 bits per heavy atom. The molecule has 0 spiro atoms. The van der Waals surface area contributed by atoms with Crippen LogP contribution in [0.25, 0.3) is 28.2 Å². The summed E-state index contributed by atoms with van der Waals surface area (Å²) in [4.78, 5) is 18.7. The van der Waals surface area contributed by atoms with E-state index in [4.69, 9.17) is 14.6 Å². The van der Waals surface area contributed by atoms with Crippen molar-refractivity contribution in [2.75, 3.05) is 13.7 Å². The summed E-state index contributed by atoms with van der Waals surface area (Å²) in [5.41, 5.74) is 4.79. The fraction of sp³-hybridized carbons (Fsp3) is 0.190. The van der Waals surface area contributed by atoms with Gasteiger partial charge >= 0.3 is 0 Å². The van der Waals surface area contributed by atoms with Crippen molar-refractivity contribution in [3.63, 3.8) is 0 Å². The average Bonchev–Trinajstić information content (AvgIpc) is 3.04. The molecule has 0 fully saturated rings. The number of imidazole rings is 1. The Hall–Kier alpha value is -3.61. The summed E-state index contributed by atoms with van der Waals surface area (Å²) in [6.45, 7) is 4.42. The number of aromatic nitrogens is 4. The fourth-order valence-corrected chi connectivity index (χ4v) is 3.19. The molecule has 0 atom stereocenters. The van der Waals surface area contributed by atoms with E-state index >= 15 is 0 Å². The molecule has 4 aromatic rings. The molecule has 0 amide bonds. The number of hydrogen-bond acceptors (Lipinski definition) is 5. The second-order valence-corrected chi connectivity index (χ2v) is 6.27. The first-order valence-electron chi connectivity index (χ1n) is 8.97. The molecule has 0 bridgehead atoms. The van der Waals surface area contributed by atoms with Gasteiger partial charge in [-0.3, -0.25) is 4.79 Å². The van der Waals surface area contributed by atoms with Gasteiger partial charge in [0.2, 0.25) is 5.56 Å². The molecule has 7 heteroatoms. The molecule has 3 heterocycles. The molecule has 0 aliphatic heterocycles. The van der Waals surface area contributed by atoms with Crippen molar-refractivity contribution < 1.29 is 9.47 Å². The number of rotatable bonds is 5. The normalized spacial score (nSPS) is 11.0. The maximum Gasteiger partial charge on any atom is 0.247 e. The zero-order valence-corrected chi connectivity index (χ0v) is 15.9. The molecule has 0 aliphatic rings. The highest BCUT2D eigenvalue weighted by atomic mass is 16.5. The van der Waals surface area contributed by atoms with Crippen LogP contribution in [0, 0.1) is 6.92 Å². The number of nitrogens with zero attached hydrogens (tertiary/aromatic N) is 3.